The van der Waals surface area contributed by atoms with E-state index >= 15 is 0 Å². The summed E-state index contributed by atoms with van der Waals surface area (Å²) in [5.74, 6) is 0.405. The molecule has 3 rings (SSSR count). The Morgan fingerprint density at radius 2 is 2.08 bits per heavy atom. The fraction of sp³-hybridized carbons (Fsp3) is 0.353. The van der Waals surface area contributed by atoms with Crippen LogP contribution in [0.4, 0.5) is 10.6 Å². The first kappa shape index (κ1) is 16.2. The third-order valence-electron chi connectivity index (χ3n) is 3.77. The predicted octanol–water partition coefficient (Wildman–Crippen LogP) is 2.48. The van der Waals surface area contributed by atoms with Crippen molar-refractivity contribution in [3.05, 3.63) is 48.2 Å². The second-order valence-electron chi connectivity index (χ2n) is 5.61. The fourth-order valence-electron chi connectivity index (χ4n) is 2.67. The topological polar surface area (TPSA) is 76.6 Å². The number of rotatable bonds is 3. The zero-order valence-corrected chi connectivity index (χ0v) is 13.7. The minimum Gasteiger partial charge on any atom is -0.467 e. The molecule has 0 spiro atoms. The average molecular weight is 328 g/mol. The van der Waals surface area contributed by atoms with E-state index in [0.29, 0.717) is 18.9 Å². The van der Waals surface area contributed by atoms with Gasteiger partial charge in [-0.15, -0.1) is 0 Å². The van der Waals surface area contributed by atoms with Gasteiger partial charge in [0, 0.05) is 12.7 Å². The first-order valence-electron chi connectivity index (χ1n) is 7.79. The SMILES string of the molecule is COc1nccc(NC(=O)N2C[C@@H](C)O[C@@H](c3ccccc3)C2)n1. The van der Waals surface area contributed by atoms with E-state index < -0.39 is 0 Å². The number of methoxy groups -OCH3 is 1. The molecule has 0 radical (unpaired) electrons. The molecule has 2 aromatic rings. The summed E-state index contributed by atoms with van der Waals surface area (Å²) in [5, 5.41) is 2.78. The van der Waals surface area contributed by atoms with E-state index in [2.05, 4.69) is 15.3 Å². The minimum absolute atomic E-state index is 0.0466. The quantitative estimate of drug-likeness (QED) is 0.937. The summed E-state index contributed by atoms with van der Waals surface area (Å²) in [6, 6.07) is 11.5. The van der Waals surface area contributed by atoms with Crippen LogP contribution in [-0.4, -0.2) is 47.2 Å². The van der Waals surface area contributed by atoms with Crippen LogP contribution in [0.3, 0.4) is 0 Å². The number of nitrogens with zero attached hydrogens (tertiary/aromatic N) is 3. The molecule has 1 saturated heterocycles. The maximum absolute atomic E-state index is 12.5. The zero-order chi connectivity index (χ0) is 16.9. The van der Waals surface area contributed by atoms with Crippen LogP contribution in [0.5, 0.6) is 6.01 Å². The van der Waals surface area contributed by atoms with Crippen molar-refractivity contribution in [2.75, 3.05) is 25.5 Å². The maximum Gasteiger partial charge on any atom is 0.323 e. The van der Waals surface area contributed by atoms with Crippen molar-refractivity contribution >= 4 is 11.8 Å². The van der Waals surface area contributed by atoms with Crippen LogP contribution in [0.15, 0.2) is 42.6 Å². The van der Waals surface area contributed by atoms with Crippen LogP contribution < -0.4 is 10.1 Å². The van der Waals surface area contributed by atoms with Crippen molar-refractivity contribution in [3.8, 4) is 6.01 Å². The third kappa shape index (κ3) is 3.80. The van der Waals surface area contributed by atoms with Crippen molar-refractivity contribution in [3.63, 3.8) is 0 Å². The van der Waals surface area contributed by atoms with Gasteiger partial charge in [0.2, 0.25) is 0 Å². The summed E-state index contributed by atoms with van der Waals surface area (Å²) in [6.45, 7) is 2.98. The van der Waals surface area contributed by atoms with Gasteiger partial charge in [0.05, 0.1) is 19.8 Å². The molecule has 1 aliphatic rings. The number of carbonyl (C=O) groups excluding carboxylic acids is 1. The molecule has 1 N–H and O–H groups in total. The molecule has 0 bridgehead atoms. The molecular weight excluding hydrogens is 308 g/mol. The van der Waals surface area contributed by atoms with Gasteiger partial charge in [-0.05, 0) is 18.6 Å². The van der Waals surface area contributed by atoms with Gasteiger partial charge in [-0.3, -0.25) is 5.32 Å². The highest BCUT2D eigenvalue weighted by Gasteiger charge is 2.29. The average Bonchev–Trinajstić information content (AvgIpc) is 2.62. The Hall–Kier alpha value is -2.67. The van der Waals surface area contributed by atoms with Crippen LogP contribution in [0.25, 0.3) is 0 Å². The molecule has 126 valence electrons. The van der Waals surface area contributed by atoms with E-state index in [9.17, 15) is 4.79 Å². The van der Waals surface area contributed by atoms with Crippen LogP contribution in [0.1, 0.15) is 18.6 Å². The number of urea groups is 1. The van der Waals surface area contributed by atoms with Crippen LogP contribution >= 0.6 is 0 Å². The van der Waals surface area contributed by atoms with Gasteiger partial charge in [-0.2, -0.15) is 4.98 Å². The number of benzene rings is 1. The molecule has 24 heavy (non-hydrogen) atoms. The first-order valence-corrected chi connectivity index (χ1v) is 7.79. The van der Waals surface area contributed by atoms with E-state index in [1.54, 1.807) is 11.0 Å². The molecular formula is C17H20N4O3. The number of aromatic nitrogens is 2. The fourth-order valence-corrected chi connectivity index (χ4v) is 2.67. The summed E-state index contributed by atoms with van der Waals surface area (Å²) >= 11 is 0. The van der Waals surface area contributed by atoms with Crippen LogP contribution in [-0.2, 0) is 4.74 Å². The number of ether oxygens (including phenoxy) is 2. The summed E-state index contributed by atoms with van der Waals surface area (Å²) in [6.07, 6.45) is 1.35. The lowest BCUT2D eigenvalue weighted by Crippen LogP contribution is -2.47. The molecule has 7 heteroatoms. The lowest BCUT2D eigenvalue weighted by molar-refractivity contribution is -0.0642. The smallest absolute Gasteiger partial charge is 0.323 e. The van der Waals surface area contributed by atoms with E-state index in [1.165, 1.54) is 13.3 Å². The van der Waals surface area contributed by atoms with Crippen molar-refractivity contribution in [1.29, 1.82) is 0 Å². The number of nitrogens with one attached hydrogen (secondary N) is 1. The van der Waals surface area contributed by atoms with Gasteiger partial charge < -0.3 is 14.4 Å². The van der Waals surface area contributed by atoms with Gasteiger partial charge in [0.1, 0.15) is 11.9 Å². The Bertz CT molecular complexity index is 695. The van der Waals surface area contributed by atoms with Gasteiger partial charge in [-0.25, -0.2) is 9.78 Å². The van der Waals surface area contributed by atoms with Crippen molar-refractivity contribution < 1.29 is 14.3 Å². The molecule has 2 heterocycles. The predicted molar refractivity (Wildman–Crippen MR) is 88.9 cm³/mol. The Balaban J connectivity index is 1.69. The van der Waals surface area contributed by atoms with Crippen molar-refractivity contribution in [1.82, 2.24) is 14.9 Å². The monoisotopic (exact) mass is 328 g/mol. The lowest BCUT2D eigenvalue weighted by Gasteiger charge is -2.36. The molecule has 0 saturated carbocycles. The Kier molecular flexibility index (Phi) is 4.90. The second kappa shape index (κ2) is 7.27. The maximum atomic E-state index is 12.5. The molecule has 7 nitrogen and oxygen atoms in total. The van der Waals surface area contributed by atoms with Gasteiger partial charge in [0.25, 0.3) is 0 Å². The van der Waals surface area contributed by atoms with E-state index in [0.717, 1.165) is 5.56 Å². The van der Waals surface area contributed by atoms with E-state index in [-0.39, 0.29) is 24.2 Å². The summed E-state index contributed by atoms with van der Waals surface area (Å²) in [7, 11) is 1.48. The molecule has 2 atom stereocenters. The molecule has 0 aliphatic carbocycles. The highest BCUT2D eigenvalue weighted by Crippen LogP contribution is 2.25. The number of anilines is 1. The Labute approximate surface area is 140 Å². The van der Waals surface area contributed by atoms with E-state index in [1.807, 2.05) is 37.3 Å². The number of morpholine rings is 1. The zero-order valence-electron chi connectivity index (χ0n) is 13.7. The highest BCUT2D eigenvalue weighted by molar-refractivity contribution is 5.88. The summed E-state index contributed by atoms with van der Waals surface area (Å²) in [4.78, 5) is 22.3. The number of hydrogen-bond donors (Lipinski definition) is 1. The number of amides is 2. The largest absolute Gasteiger partial charge is 0.467 e. The lowest BCUT2D eigenvalue weighted by atomic mass is 10.1. The first-order chi connectivity index (χ1) is 11.7. The minimum atomic E-state index is -0.216. The van der Waals surface area contributed by atoms with Crippen LogP contribution in [0.2, 0.25) is 0 Å². The standard InChI is InChI=1S/C17H20N4O3/c1-12-10-21(11-14(24-12)13-6-4-3-5-7-13)17(22)20-15-8-9-18-16(19-15)23-2/h3-9,12,14H,10-11H2,1-2H3,(H,18,19,20,22)/t12-,14-/m1/s1. The van der Waals surface area contributed by atoms with Gasteiger partial charge in [0.15, 0.2) is 0 Å². The van der Waals surface area contributed by atoms with Crippen LogP contribution in [0, 0.1) is 0 Å². The van der Waals surface area contributed by atoms with Gasteiger partial charge in [-0.1, -0.05) is 30.3 Å². The third-order valence-corrected chi connectivity index (χ3v) is 3.77. The highest BCUT2D eigenvalue weighted by atomic mass is 16.5. The molecule has 1 aromatic heterocycles. The Morgan fingerprint density at radius 3 is 2.83 bits per heavy atom. The number of carbonyl (C=O) groups is 1. The van der Waals surface area contributed by atoms with E-state index in [4.69, 9.17) is 9.47 Å². The van der Waals surface area contributed by atoms with Crippen molar-refractivity contribution in [2.24, 2.45) is 0 Å². The molecule has 1 fully saturated rings. The molecule has 1 aromatic carbocycles. The Morgan fingerprint density at radius 1 is 1.29 bits per heavy atom. The van der Waals surface area contributed by atoms with Gasteiger partial charge >= 0.3 is 12.0 Å². The molecule has 2 amide bonds. The number of hydrogen-bond acceptors (Lipinski definition) is 5. The second-order valence-corrected chi connectivity index (χ2v) is 5.61. The summed E-state index contributed by atoms with van der Waals surface area (Å²) < 4.78 is 10.9. The summed E-state index contributed by atoms with van der Waals surface area (Å²) in [5.41, 5.74) is 1.06. The molecule has 0 unspecified atom stereocenters. The van der Waals surface area contributed by atoms with Crippen molar-refractivity contribution in [2.45, 2.75) is 19.1 Å². The normalized spacial score (nSPS) is 20.5. The molecule has 1 aliphatic heterocycles.